The number of aromatic nitrogens is 3. The Morgan fingerprint density at radius 3 is 1.30 bits per heavy atom. The highest BCUT2D eigenvalue weighted by Gasteiger charge is 2.16. The maximum Gasteiger partial charge on any atom is 0.164 e. The molecule has 0 aliphatic rings. The molecule has 0 atom stereocenters. The Morgan fingerprint density at radius 2 is 0.721 bits per heavy atom. The van der Waals surface area contributed by atoms with Gasteiger partial charge in [-0.25, -0.2) is 15.0 Å². The fourth-order valence-electron chi connectivity index (χ4n) is 5.25. The Kier molecular flexibility index (Phi) is 7.31. The van der Waals surface area contributed by atoms with Crippen LogP contribution in [0.4, 0.5) is 0 Å². The van der Waals surface area contributed by atoms with Crippen LogP contribution in [0.3, 0.4) is 0 Å². The van der Waals surface area contributed by atoms with Gasteiger partial charge in [0.25, 0.3) is 0 Å². The molecule has 0 unspecified atom stereocenters. The topological polar surface area (TPSA) is 38.7 Å². The molecule has 204 valence electrons. The monoisotopic (exact) mass is 571 g/mol. The van der Waals surface area contributed by atoms with Crippen molar-refractivity contribution in [2.45, 2.75) is 0 Å². The van der Waals surface area contributed by atoms with E-state index in [0.29, 0.717) is 22.5 Å². The molecule has 0 aliphatic heterocycles. The lowest BCUT2D eigenvalue weighted by molar-refractivity contribution is 1.07. The molecule has 0 saturated carbocycles. The number of benzene rings is 6. The molecule has 4 heteroatoms. The van der Waals surface area contributed by atoms with E-state index in [1.54, 1.807) is 0 Å². The van der Waals surface area contributed by atoms with Gasteiger partial charge in [0.05, 0.1) is 0 Å². The quantitative estimate of drug-likeness (QED) is 0.199. The summed E-state index contributed by atoms with van der Waals surface area (Å²) < 4.78 is 0. The minimum Gasteiger partial charge on any atom is -0.208 e. The summed E-state index contributed by atoms with van der Waals surface area (Å²) in [5.41, 5.74) is 9.36. The van der Waals surface area contributed by atoms with Gasteiger partial charge in [0.2, 0.25) is 0 Å². The lowest BCUT2D eigenvalue weighted by atomic mass is 9.99. The Bertz CT molecular complexity index is 2020. The van der Waals surface area contributed by atoms with Crippen molar-refractivity contribution in [2.75, 3.05) is 0 Å². The van der Waals surface area contributed by atoms with Crippen LogP contribution >= 0.6 is 11.6 Å². The maximum absolute atomic E-state index is 6.16. The Hall–Kier alpha value is -5.38. The summed E-state index contributed by atoms with van der Waals surface area (Å²) in [6, 6.07) is 53.5. The summed E-state index contributed by atoms with van der Waals surface area (Å²) >= 11 is 6.16. The van der Waals surface area contributed by atoms with Crippen molar-refractivity contribution >= 4 is 11.6 Å². The Labute approximate surface area is 256 Å². The van der Waals surface area contributed by atoms with Crippen molar-refractivity contribution in [3.8, 4) is 67.5 Å². The lowest BCUT2D eigenvalue weighted by Gasteiger charge is -2.13. The molecular formula is C39H26ClN3. The molecule has 0 saturated heterocycles. The molecule has 0 aliphatic carbocycles. The van der Waals surface area contributed by atoms with Gasteiger partial charge in [-0.1, -0.05) is 145 Å². The van der Waals surface area contributed by atoms with Crippen molar-refractivity contribution in [2.24, 2.45) is 0 Å². The summed E-state index contributed by atoms with van der Waals surface area (Å²) in [5, 5.41) is 0.710. The van der Waals surface area contributed by atoms with Crippen molar-refractivity contribution in [3.05, 3.63) is 163 Å². The van der Waals surface area contributed by atoms with Gasteiger partial charge in [0, 0.05) is 21.7 Å². The van der Waals surface area contributed by atoms with Crippen LogP contribution in [0, 0.1) is 0 Å². The van der Waals surface area contributed by atoms with E-state index in [9.17, 15) is 0 Å². The third kappa shape index (κ3) is 5.72. The fourth-order valence-corrected chi connectivity index (χ4v) is 5.38. The standard InChI is InChI=1S/C39H26ClN3/c40-34-23-21-28(22-24-34)31-16-10-18-33(26-31)38-41-37(32-17-9-15-30(25-32)27-11-3-1-4-12-27)42-39(43-38)36-20-8-7-19-35(36)29-13-5-2-6-14-29/h1-26H. The molecule has 7 rings (SSSR count). The molecule has 43 heavy (non-hydrogen) atoms. The SMILES string of the molecule is Clc1ccc(-c2cccc(-c3nc(-c4cccc(-c5ccccc5)c4)nc(-c4ccccc4-c4ccccc4)n3)c2)cc1. The minimum absolute atomic E-state index is 0.615. The zero-order chi connectivity index (χ0) is 29.0. The molecule has 0 amide bonds. The van der Waals surface area contributed by atoms with E-state index in [0.717, 1.165) is 50.1 Å². The van der Waals surface area contributed by atoms with E-state index in [-0.39, 0.29) is 0 Å². The number of rotatable bonds is 6. The van der Waals surface area contributed by atoms with Crippen LogP contribution in [0.15, 0.2) is 158 Å². The number of hydrogen-bond acceptors (Lipinski definition) is 3. The Balaban J connectivity index is 1.41. The van der Waals surface area contributed by atoms with Gasteiger partial charge in [0.15, 0.2) is 17.5 Å². The second-order valence-electron chi connectivity index (χ2n) is 10.3. The number of nitrogens with zero attached hydrogens (tertiary/aromatic N) is 3. The molecule has 6 aromatic carbocycles. The van der Waals surface area contributed by atoms with Gasteiger partial charge in [-0.3, -0.25) is 0 Å². The number of halogens is 1. The molecule has 0 radical (unpaired) electrons. The molecular weight excluding hydrogens is 546 g/mol. The van der Waals surface area contributed by atoms with Gasteiger partial charge in [-0.2, -0.15) is 0 Å². The third-order valence-corrected chi connectivity index (χ3v) is 7.67. The highest BCUT2D eigenvalue weighted by Crippen LogP contribution is 2.34. The predicted molar refractivity (Wildman–Crippen MR) is 177 cm³/mol. The van der Waals surface area contributed by atoms with Crippen LogP contribution in [-0.4, -0.2) is 15.0 Å². The molecule has 1 aromatic heterocycles. The van der Waals surface area contributed by atoms with Gasteiger partial charge >= 0.3 is 0 Å². The summed E-state index contributed by atoms with van der Waals surface area (Å²) in [6.07, 6.45) is 0. The molecule has 0 N–H and O–H groups in total. The Morgan fingerprint density at radius 1 is 0.302 bits per heavy atom. The van der Waals surface area contributed by atoms with E-state index in [4.69, 9.17) is 26.6 Å². The van der Waals surface area contributed by atoms with Crippen LogP contribution in [0.2, 0.25) is 5.02 Å². The molecule has 1 heterocycles. The second-order valence-corrected chi connectivity index (χ2v) is 10.7. The fraction of sp³-hybridized carbons (Fsp3) is 0. The predicted octanol–water partition coefficient (Wildman–Crippen LogP) is 10.5. The summed E-state index contributed by atoms with van der Waals surface area (Å²) in [7, 11) is 0. The van der Waals surface area contributed by atoms with E-state index in [2.05, 4.69) is 84.9 Å². The zero-order valence-electron chi connectivity index (χ0n) is 23.2. The average molecular weight is 572 g/mol. The van der Waals surface area contributed by atoms with Crippen LogP contribution < -0.4 is 0 Å². The zero-order valence-corrected chi connectivity index (χ0v) is 24.0. The van der Waals surface area contributed by atoms with E-state index < -0.39 is 0 Å². The molecule has 0 spiro atoms. The first-order chi connectivity index (χ1) is 21.2. The van der Waals surface area contributed by atoms with Crippen LogP contribution in [0.25, 0.3) is 67.5 Å². The van der Waals surface area contributed by atoms with E-state index in [1.807, 2.05) is 72.8 Å². The summed E-state index contributed by atoms with van der Waals surface area (Å²) in [4.78, 5) is 15.2. The highest BCUT2D eigenvalue weighted by molar-refractivity contribution is 6.30. The first-order valence-corrected chi connectivity index (χ1v) is 14.5. The van der Waals surface area contributed by atoms with Crippen molar-refractivity contribution in [3.63, 3.8) is 0 Å². The van der Waals surface area contributed by atoms with Crippen LogP contribution in [0.1, 0.15) is 0 Å². The molecule has 3 nitrogen and oxygen atoms in total. The van der Waals surface area contributed by atoms with Gasteiger partial charge in [-0.15, -0.1) is 0 Å². The van der Waals surface area contributed by atoms with Crippen LogP contribution in [0.5, 0.6) is 0 Å². The highest BCUT2D eigenvalue weighted by atomic mass is 35.5. The van der Waals surface area contributed by atoms with Crippen LogP contribution in [-0.2, 0) is 0 Å². The van der Waals surface area contributed by atoms with Gasteiger partial charge < -0.3 is 0 Å². The third-order valence-electron chi connectivity index (χ3n) is 7.41. The minimum atomic E-state index is 0.615. The molecule has 0 bridgehead atoms. The van der Waals surface area contributed by atoms with E-state index >= 15 is 0 Å². The molecule has 7 aromatic rings. The van der Waals surface area contributed by atoms with E-state index in [1.165, 1.54) is 0 Å². The normalized spacial score (nSPS) is 10.9. The lowest BCUT2D eigenvalue weighted by Crippen LogP contribution is -2.01. The second kappa shape index (κ2) is 11.8. The first-order valence-electron chi connectivity index (χ1n) is 14.1. The number of hydrogen-bond donors (Lipinski definition) is 0. The maximum atomic E-state index is 6.16. The summed E-state index contributed by atoms with van der Waals surface area (Å²) in [5.74, 6) is 1.86. The van der Waals surface area contributed by atoms with Gasteiger partial charge in [-0.05, 0) is 57.6 Å². The first kappa shape index (κ1) is 26.5. The largest absolute Gasteiger partial charge is 0.208 e. The van der Waals surface area contributed by atoms with Gasteiger partial charge in [0.1, 0.15) is 0 Å². The van der Waals surface area contributed by atoms with Crippen molar-refractivity contribution in [1.82, 2.24) is 15.0 Å². The van der Waals surface area contributed by atoms with Crippen molar-refractivity contribution in [1.29, 1.82) is 0 Å². The average Bonchev–Trinajstić information content (AvgIpc) is 3.09. The molecule has 0 fully saturated rings. The van der Waals surface area contributed by atoms with Crippen molar-refractivity contribution < 1.29 is 0 Å². The smallest absolute Gasteiger partial charge is 0.164 e. The summed E-state index contributed by atoms with van der Waals surface area (Å²) in [6.45, 7) is 0.